The van der Waals surface area contributed by atoms with Gasteiger partial charge < -0.3 is 4.74 Å². The second-order valence-electron chi connectivity index (χ2n) is 7.63. The van der Waals surface area contributed by atoms with Gasteiger partial charge in [-0.05, 0) is 19.1 Å². The van der Waals surface area contributed by atoms with Crippen molar-refractivity contribution in [3.05, 3.63) is 84.4 Å². The molecule has 5 rings (SSSR count). The summed E-state index contributed by atoms with van der Waals surface area (Å²) in [6, 6.07) is 20.3. The van der Waals surface area contributed by atoms with Crippen LogP contribution in [0.4, 0.5) is 11.5 Å². The van der Waals surface area contributed by atoms with E-state index in [0.717, 1.165) is 50.8 Å². The number of rotatable bonds is 5. The number of fused-ring (bicyclic) bond motifs is 1. The fourth-order valence-corrected chi connectivity index (χ4v) is 4.13. The Kier molecular flexibility index (Phi) is 5.38. The first-order valence-corrected chi connectivity index (χ1v) is 11.4. The van der Waals surface area contributed by atoms with Crippen LogP contribution in [0.3, 0.4) is 0 Å². The van der Waals surface area contributed by atoms with E-state index in [0.29, 0.717) is 5.75 Å². The number of hydrogen-bond donors (Lipinski definition) is 2. The summed E-state index contributed by atoms with van der Waals surface area (Å²) in [6.45, 7) is 3.97. The van der Waals surface area contributed by atoms with Crippen LogP contribution in [0.1, 0.15) is 11.3 Å². The van der Waals surface area contributed by atoms with Gasteiger partial charge in [0.2, 0.25) is 0 Å². The zero-order chi connectivity index (χ0) is 22.1. The van der Waals surface area contributed by atoms with E-state index in [1.807, 2.05) is 44.2 Å². The van der Waals surface area contributed by atoms with Crippen LogP contribution >= 0.6 is 0 Å². The molecule has 32 heavy (non-hydrogen) atoms. The number of aromatic nitrogens is 4. The van der Waals surface area contributed by atoms with Gasteiger partial charge in [0.05, 0.1) is 6.20 Å². The van der Waals surface area contributed by atoms with E-state index >= 15 is 0 Å². The normalized spacial score (nSPS) is 11.0. The molecule has 0 fully saturated rings. The van der Waals surface area contributed by atoms with Gasteiger partial charge in [-0.25, -0.2) is 0 Å². The molecule has 0 amide bonds. The Labute approximate surface area is 194 Å². The minimum Gasteiger partial charge on any atom is -0.258 e. The molecule has 1 atom stereocenters. The summed E-state index contributed by atoms with van der Waals surface area (Å²) in [6.07, 6.45) is 3.31. The van der Waals surface area contributed by atoms with E-state index in [2.05, 4.69) is 55.6 Å². The third-order valence-electron chi connectivity index (χ3n) is 5.16. The van der Waals surface area contributed by atoms with Crippen LogP contribution in [0, 0.1) is 13.8 Å². The second-order valence-corrected chi connectivity index (χ2v) is 9.03. The molecule has 0 aliphatic heterocycles. The number of H-pyrrole nitrogens is 1. The van der Waals surface area contributed by atoms with Crippen molar-refractivity contribution in [2.75, 3.05) is 5.32 Å². The fourth-order valence-electron chi connectivity index (χ4n) is 3.52. The Morgan fingerprint density at radius 2 is 1.84 bits per heavy atom. The zero-order valence-corrected chi connectivity index (χ0v) is 20.2. The van der Waals surface area contributed by atoms with Crippen molar-refractivity contribution in [1.82, 2.24) is 19.9 Å². The van der Waals surface area contributed by atoms with Gasteiger partial charge in [0.1, 0.15) is 5.75 Å². The number of nitrogens with one attached hydrogen (secondary N) is 2. The van der Waals surface area contributed by atoms with Crippen LogP contribution in [0.15, 0.2) is 73.2 Å². The summed E-state index contributed by atoms with van der Waals surface area (Å²) in [5.41, 5.74) is 6.79. The molecule has 158 valence electrons. The van der Waals surface area contributed by atoms with Gasteiger partial charge in [-0.3, -0.25) is 4.98 Å². The van der Waals surface area contributed by atoms with Crippen LogP contribution in [-0.4, -0.2) is 36.8 Å². The molecule has 6 nitrogen and oxygen atoms in total. The monoisotopic (exact) mass is 483 g/mol. The number of aromatic amines is 1. The standard InChI is InChI=1S/C25H22AsN5O/c1-15-10-19(7-9-23(15)32-20-8-6-16(2)27-13-20)30-25-24-22(28-14-29-25)12-21(31-24)17-4-3-5-18(26)11-17/h3-14,31H,26H2,1-2H3,(H,28,29,30). The number of pyridine rings is 1. The summed E-state index contributed by atoms with van der Waals surface area (Å²) in [4.78, 5) is 16.7. The summed E-state index contributed by atoms with van der Waals surface area (Å²) < 4.78 is 7.26. The van der Waals surface area contributed by atoms with Gasteiger partial charge >= 0.3 is 148 Å². The van der Waals surface area contributed by atoms with E-state index < -0.39 is 0 Å². The van der Waals surface area contributed by atoms with E-state index in [1.165, 1.54) is 4.35 Å². The van der Waals surface area contributed by atoms with Gasteiger partial charge in [-0.1, -0.05) is 0 Å². The Hall–Kier alpha value is -3.63. The first-order chi connectivity index (χ1) is 15.5. The number of hydrogen-bond acceptors (Lipinski definition) is 5. The Morgan fingerprint density at radius 3 is 2.62 bits per heavy atom. The SMILES string of the molecule is Cc1ccc(Oc2ccc(Nc3ncnc4cc(-c5cccc([AsH2])c5)[nH]c34)cc2C)cn1. The van der Waals surface area contributed by atoms with E-state index in [4.69, 9.17) is 4.74 Å². The van der Waals surface area contributed by atoms with E-state index in [1.54, 1.807) is 29.4 Å². The molecule has 2 N–H and O–H groups in total. The molecule has 7 heteroatoms. The van der Waals surface area contributed by atoms with Gasteiger partial charge in [-0.15, -0.1) is 0 Å². The zero-order valence-electron chi connectivity index (χ0n) is 17.8. The number of ether oxygens (including phenoxy) is 1. The molecule has 5 aromatic rings. The fraction of sp³-hybridized carbons (Fsp3) is 0.0800. The van der Waals surface area contributed by atoms with Crippen molar-refractivity contribution in [3.8, 4) is 22.8 Å². The number of benzene rings is 2. The van der Waals surface area contributed by atoms with Gasteiger partial charge in [0.15, 0.2) is 0 Å². The Bertz CT molecular complexity index is 1410. The average Bonchev–Trinajstić information content (AvgIpc) is 3.23. The first-order valence-electron chi connectivity index (χ1n) is 10.2. The molecule has 0 spiro atoms. The van der Waals surface area contributed by atoms with Crippen LogP contribution in [-0.2, 0) is 0 Å². The van der Waals surface area contributed by atoms with Crippen LogP contribution < -0.4 is 14.4 Å². The van der Waals surface area contributed by atoms with Gasteiger partial charge in [0.25, 0.3) is 0 Å². The first kappa shape index (κ1) is 20.3. The molecule has 0 aliphatic carbocycles. The van der Waals surface area contributed by atoms with Crippen molar-refractivity contribution >= 4 is 43.7 Å². The maximum absolute atomic E-state index is 5.98. The smallest absolute Gasteiger partial charge is 0.258 e. The van der Waals surface area contributed by atoms with Crippen molar-refractivity contribution in [3.63, 3.8) is 0 Å². The molecular formula is C25H22AsN5O. The van der Waals surface area contributed by atoms with Crippen LogP contribution in [0.2, 0.25) is 0 Å². The van der Waals surface area contributed by atoms with Gasteiger partial charge in [0, 0.05) is 5.69 Å². The molecular weight excluding hydrogens is 461 g/mol. The summed E-state index contributed by atoms with van der Waals surface area (Å²) in [7, 11) is 0. The maximum atomic E-state index is 5.98. The average molecular weight is 483 g/mol. The van der Waals surface area contributed by atoms with E-state index in [9.17, 15) is 0 Å². The van der Waals surface area contributed by atoms with Crippen LogP contribution in [0.25, 0.3) is 22.3 Å². The minimum atomic E-state index is 0.716. The summed E-state index contributed by atoms with van der Waals surface area (Å²) >= 11 is 1.61. The molecule has 3 heterocycles. The summed E-state index contributed by atoms with van der Waals surface area (Å²) in [5.74, 6) is 2.24. The van der Waals surface area contributed by atoms with E-state index in [-0.39, 0.29) is 0 Å². The van der Waals surface area contributed by atoms with Crippen molar-refractivity contribution < 1.29 is 4.74 Å². The number of nitrogens with zero attached hydrogens (tertiary/aromatic N) is 3. The van der Waals surface area contributed by atoms with Crippen LogP contribution in [0.5, 0.6) is 11.5 Å². The number of anilines is 2. The molecule has 1 unspecified atom stereocenters. The molecule has 2 aromatic carbocycles. The third-order valence-corrected chi connectivity index (χ3v) is 5.92. The third kappa shape index (κ3) is 4.23. The van der Waals surface area contributed by atoms with Crippen molar-refractivity contribution in [2.24, 2.45) is 0 Å². The summed E-state index contributed by atoms with van der Waals surface area (Å²) in [5, 5.41) is 3.42. The van der Waals surface area contributed by atoms with Crippen molar-refractivity contribution in [1.29, 1.82) is 0 Å². The molecule has 3 aromatic heterocycles. The topological polar surface area (TPSA) is 75.7 Å². The molecule has 0 radical (unpaired) electrons. The predicted octanol–water partition coefficient (Wildman–Crippen LogP) is 4.43. The number of aryl methyl sites for hydroxylation is 2. The van der Waals surface area contributed by atoms with Crippen molar-refractivity contribution in [2.45, 2.75) is 13.8 Å². The van der Waals surface area contributed by atoms with Gasteiger partial charge in [-0.2, -0.15) is 0 Å². The quantitative estimate of drug-likeness (QED) is 0.362. The Morgan fingerprint density at radius 1 is 0.938 bits per heavy atom. The minimum absolute atomic E-state index is 0.716. The molecule has 0 saturated carbocycles. The predicted molar refractivity (Wildman–Crippen MR) is 131 cm³/mol. The Balaban J connectivity index is 1.41. The molecule has 0 saturated heterocycles. The molecule has 0 bridgehead atoms. The molecule has 0 aliphatic rings. The second kappa shape index (κ2) is 8.48.